The van der Waals surface area contributed by atoms with Gasteiger partial charge in [-0.2, -0.15) is 9.40 Å². The maximum absolute atomic E-state index is 12.7. The minimum absolute atomic E-state index is 0.214. The molecular weight excluding hydrogens is 320 g/mol. The van der Waals surface area contributed by atoms with Crippen LogP contribution in [0.5, 0.6) is 0 Å². The van der Waals surface area contributed by atoms with Gasteiger partial charge in [0.25, 0.3) is 0 Å². The van der Waals surface area contributed by atoms with Crippen LogP contribution in [0.4, 0.5) is 4.79 Å². The molecule has 1 saturated heterocycles. The zero-order valence-electron chi connectivity index (χ0n) is 14.2. The fourth-order valence-corrected chi connectivity index (χ4v) is 3.92. The zero-order chi connectivity index (χ0) is 17.4. The molecule has 0 radical (unpaired) electrons. The third-order valence-corrected chi connectivity index (χ3v) is 5.70. The van der Waals surface area contributed by atoms with Crippen LogP contribution < -0.4 is 0 Å². The third-order valence-electron chi connectivity index (χ3n) is 3.70. The Morgan fingerprint density at radius 1 is 1.22 bits per heavy atom. The topological polar surface area (TPSA) is 84.7 Å². The van der Waals surface area contributed by atoms with E-state index in [1.165, 1.54) is 20.1 Å². The molecule has 2 rings (SSSR count). The van der Waals surface area contributed by atoms with Crippen molar-refractivity contribution in [3.05, 3.63) is 11.9 Å². The first-order valence-electron chi connectivity index (χ1n) is 7.49. The molecule has 0 aromatic carbocycles. The average molecular weight is 344 g/mol. The molecule has 1 amide bonds. The molecule has 9 heteroatoms. The fourth-order valence-electron chi connectivity index (χ4n) is 2.31. The normalized spacial score (nSPS) is 17.3. The van der Waals surface area contributed by atoms with Crippen LogP contribution in [0.25, 0.3) is 0 Å². The summed E-state index contributed by atoms with van der Waals surface area (Å²) in [6.07, 6.45) is 0.956. The molecule has 1 aromatic heterocycles. The van der Waals surface area contributed by atoms with Crippen molar-refractivity contribution >= 4 is 16.1 Å². The molecule has 0 N–H and O–H groups in total. The summed E-state index contributed by atoms with van der Waals surface area (Å²) in [7, 11) is -1.88. The van der Waals surface area contributed by atoms with Crippen molar-refractivity contribution in [1.29, 1.82) is 0 Å². The van der Waals surface area contributed by atoms with Crippen molar-refractivity contribution < 1.29 is 17.9 Å². The van der Waals surface area contributed by atoms with Gasteiger partial charge in [0.1, 0.15) is 10.5 Å². The Balaban J connectivity index is 2.04. The molecule has 1 aliphatic heterocycles. The van der Waals surface area contributed by atoms with Gasteiger partial charge in [0.2, 0.25) is 10.0 Å². The van der Waals surface area contributed by atoms with Crippen LogP contribution in [0, 0.1) is 6.92 Å². The molecule has 8 nitrogen and oxygen atoms in total. The summed E-state index contributed by atoms with van der Waals surface area (Å²) < 4.78 is 33.6. The second kappa shape index (κ2) is 6.12. The first-order chi connectivity index (χ1) is 10.5. The Morgan fingerprint density at radius 2 is 1.78 bits per heavy atom. The fraction of sp³-hybridized carbons (Fsp3) is 0.714. The number of sulfonamides is 1. The van der Waals surface area contributed by atoms with Gasteiger partial charge in [0.05, 0.1) is 11.9 Å². The Bertz CT molecular complexity index is 682. The second-order valence-corrected chi connectivity index (χ2v) is 8.50. The summed E-state index contributed by atoms with van der Waals surface area (Å²) in [4.78, 5) is 13.8. The molecule has 1 fully saturated rings. The molecule has 0 spiro atoms. The Labute approximate surface area is 137 Å². The molecule has 1 aliphatic rings. The number of nitrogens with zero attached hydrogens (tertiary/aromatic N) is 4. The van der Waals surface area contributed by atoms with Crippen LogP contribution in [0.3, 0.4) is 0 Å². The molecule has 0 saturated carbocycles. The van der Waals surface area contributed by atoms with E-state index >= 15 is 0 Å². The maximum atomic E-state index is 12.7. The molecule has 0 bridgehead atoms. The molecule has 2 heterocycles. The molecule has 1 aromatic rings. The summed E-state index contributed by atoms with van der Waals surface area (Å²) in [5.74, 6) is 0. The number of hydrogen-bond acceptors (Lipinski definition) is 5. The van der Waals surface area contributed by atoms with E-state index in [1.54, 1.807) is 34.7 Å². The average Bonchev–Trinajstić information content (AvgIpc) is 2.78. The van der Waals surface area contributed by atoms with E-state index in [0.717, 1.165) is 0 Å². The number of rotatable bonds is 2. The number of ether oxygens (including phenoxy) is 1. The Kier molecular flexibility index (Phi) is 4.72. The van der Waals surface area contributed by atoms with Crippen molar-refractivity contribution in [2.24, 2.45) is 7.05 Å². The number of piperazine rings is 1. The van der Waals surface area contributed by atoms with E-state index in [0.29, 0.717) is 18.8 Å². The lowest BCUT2D eigenvalue weighted by Crippen LogP contribution is -2.51. The largest absolute Gasteiger partial charge is 0.444 e. The summed E-state index contributed by atoms with van der Waals surface area (Å²) >= 11 is 0. The number of carbonyl (C=O) groups excluding carboxylic acids is 1. The molecule has 0 aliphatic carbocycles. The highest BCUT2D eigenvalue weighted by Crippen LogP contribution is 2.21. The van der Waals surface area contributed by atoms with E-state index in [1.807, 2.05) is 0 Å². The summed E-state index contributed by atoms with van der Waals surface area (Å²) in [5, 5.41) is 3.99. The van der Waals surface area contributed by atoms with Crippen LogP contribution in [0.1, 0.15) is 26.5 Å². The number of aromatic nitrogens is 2. The van der Waals surface area contributed by atoms with Crippen LogP contribution in [-0.2, 0) is 21.8 Å². The lowest BCUT2D eigenvalue weighted by atomic mass is 10.2. The Morgan fingerprint density at radius 3 is 2.22 bits per heavy atom. The zero-order valence-corrected chi connectivity index (χ0v) is 15.1. The third kappa shape index (κ3) is 3.84. The molecular formula is C14H24N4O4S. The lowest BCUT2D eigenvalue weighted by Gasteiger charge is -2.34. The molecule has 0 unspecified atom stereocenters. The van der Waals surface area contributed by atoms with Crippen molar-refractivity contribution in [1.82, 2.24) is 19.0 Å². The predicted octanol–water partition coefficient (Wildman–Crippen LogP) is 0.970. The maximum Gasteiger partial charge on any atom is 0.410 e. The number of hydrogen-bond donors (Lipinski definition) is 0. The highest BCUT2D eigenvalue weighted by atomic mass is 32.2. The van der Waals surface area contributed by atoms with Gasteiger partial charge in [-0.05, 0) is 27.7 Å². The Hall–Kier alpha value is -1.61. The monoisotopic (exact) mass is 344 g/mol. The van der Waals surface area contributed by atoms with Crippen molar-refractivity contribution in [2.45, 2.75) is 38.2 Å². The highest BCUT2D eigenvalue weighted by molar-refractivity contribution is 7.89. The minimum Gasteiger partial charge on any atom is -0.444 e. The first-order valence-corrected chi connectivity index (χ1v) is 8.93. The van der Waals surface area contributed by atoms with E-state index in [9.17, 15) is 13.2 Å². The molecule has 0 atom stereocenters. The summed E-state index contributed by atoms with van der Waals surface area (Å²) in [5.41, 5.74) is 0.0344. The lowest BCUT2D eigenvalue weighted by molar-refractivity contribution is 0.0192. The van der Waals surface area contributed by atoms with Crippen LogP contribution in [0.15, 0.2) is 11.1 Å². The summed E-state index contributed by atoms with van der Waals surface area (Å²) in [6, 6.07) is 0. The second-order valence-electron chi connectivity index (χ2n) is 6.59. The number of aryl methyl sites for hydroxylation is 1. The van der Waals surface area contributed by atoms with Crippen LogP contribution >= 0.6 is 0 Å². The standard InChI is InChI=1S/C14H24N4O4S/c1-11-12(10-15-16(11)5)23(20,21)18-8-6-17(7-9-18)13(19)22-14(2,3)4/h10H,6-9H2,1-5H3. The van der Waals surface area contributed by atoms with Crippen LogP contribution in [-0.4, -0.2) is 65.3 Å². The smallest absolute Gasteiger partial charge is 0.410 e. The van der Waals surface area contributed by atoms with E-state index in [2.05, 4.69) is 5.10 Å². The summed E-state index contributed by atoms with van der Waals surface area (Å²) in [6.45, 7) is 8.24. The van der Waals surface area contributed by atoms with Gasteiger partial charge in [-0.3, -0.25) is 4.68 Å². The van der Waals surface area contributed by atoms with Gasteiger partial charge in [-0.1, -0.05) is 0 Å². The minimum atomic E-state index is -3.58. The van der Waals surface area contributed by atoms with Gasteiger partial charge in [0.15, 0.2) is 0 Å². The van der Waals surface area contributed by atoms with E-state index in [4.69, 9.17) is 4.74 Å². The quantitative estimate of drug-likeness (QED) is 0.798. The number of carbonyl (C=O) groups is 1. The highest BCUT2D eigenvalue weighted by Gasteiger charge is 2.33. The van der Waals surface area contributed by atoms with E-state index < -0.39 is 21.7 Å². The van der Waals surface area contributed by atoms with Crippen molar-refractivity contribution in [3.63, 3.8) is 0 Å². The number of amides is 1. The molecule has 130 valence electrons. The van der Waals surface area contributed by atoms with Gasteiger partial charge < -0.3 is 9.64 Å². The SMILES string of the molecule is Cc1c(S(=O)(=O)N2CCN(C(=O)OC(C)(C)C)CC2)cnn1C. The van der Waals surface area contributed by atoms with Gasteiger partial charge in [-0.15, -0.1) is 0 Å². The van der Waals surface area contributed by atoms with E-state index in [-0.39, 0.29) is 18.0 Å². The first kappa shape index (κ1) is 17.7. The molecule has 23 heavy (non-hydrogen) atoms. The van der Waals surface area contributed by atoms with Crippen molar-refractivity contribution in [3.8, 4) is 0 Å². The van der Waals surface area contributed by atoms with Crippen molar-refractivity contribution in [2.75, 3.05) is 26.2 Å². The van der Waals surface area contributed by atoms with Gasteiger partial charge in [-0.25, -0.2) is 13.2 Å². The van der Waals surface area contributed by atoms with Gasteiger partial charge in [0, 0.05) is 33.2 Å². The van der Waals surface area contributed by atoms with Crippen LogP contribution in [0.2, 0.25) is 0 Å². The predicted molar refractivity (Wildman–Crippen MR) is 84.5 cm³/mol. The van der Waals surface area contributed by atoms with Gasteiger partial charge >= 0.3 is 6.09 Å².